The molecule has 0 bridgehead atoms. The van der Waals surface area contributed by atoms with Gasteiger partial charge in [-0.25, -0.2) is 9.79 Å². The Morgan fingerprint density at radius 1 is 1.19 bits per heavy atom. The van der Waals surface area contributed by atoms with Crippen molar-refractivity contribution in [1.29, 1.82) is 0 Å². The quantitative estimate of drug-likeness (QED) is 0.747. The highest BCUT2D eigenvalue weighted by Crippen LogP contribution is 2.29. The molecule has 1 aliphatic heterocycles. The van der Waals surface area contributed by atoms with Crippen LogP contribution in [0.3, 0.4) is 0 Å². The van der Waals surface area contributed by atoms with Crippen LogP contribution < -0.4 is 5.32 Å². The van der Waals surface area contributed by atoms with E-state index in [1.807, 2.05) is 18.2 Å². The number of esters is 1. The number of carbonyl (C=O) groups excluding carboxylic acids is 2. The van der Waals surface area contributed by atoms with Gasteiger partial charge in [-0.2, -0.15) is 0 Å². The van der Waals surface area contributed by atoms with Gasteiger partial charge in [0.1, 0.15) is 5.84 Å². The second kappa shape index (κ2) is 8.21. The molecule has 7 heteroatoms. The van der Waals surface area contributed by atoms with Gasteiger partial charge in [-0.05, 0) is 66.7 Å². The van der Waals surface area contributed by atoms with Crippen molar-refractivity contribution in [2.24, 2.45) is 4.99 Å². The fraction of sp³-hybridized carbons (Fsp3) is 0.105. The fourth-order valence-electron chi connectivity index (χ4n) is 2.24. The summed E-state index contributed by atoms with van der Waals surface area (Å²) in [5.74, 6) is 0.0959. The lowest BCUT2D eigenvalue weighted by Gasteiger charge is -2.03. The first-order valence-corrected chi connectivity index (χ1v) is 9.07. The lowest BCUT2D eigenvalue weighted by atomic mass is 10.2. The second-order valence-corrected chi connectivity index (χ2v) is 6.75. The van der Waals surface area contributed by atoms with Crippen LogP contribution in [0, 0.1) is 0 Å². The predicted molar refractivity (Wildman–Crippen MR) is 105 cm³/mol. The van der Waals surface area contributed by atoms with Crippen LogP contribution in [0.1, 0.15) is 22.8 Å². The monoisotopic (exact) mass is 386 g/mol. The molecule has 0 atom stereocenters. The molecule has 1 saturated heterocycles. The van der Waals surface area contributed by atoms with Crippen LogP contribution in [0.2, 0.25) is 5.02 Å². The summed E-state index contributed by atoms with van der Waals surface area (Å²) >= 11 is 6.97. The Morgan fingerprint density at radius 2 is 1.88 bits per heavy atom. The number of benzene rings is 2. The van der Waals surface area contributed by atoms with E-state index < -0.39 is 0 Å². The highest BCUT2D eigenvalue weighted by molar-refractivity contribution is 8.18. The van der Waals surface area contributed by atoms with Crippen LogP contribution in [0.5, 0.6) is 0 Å². The molecule has 1 aliphatic rings. The van der Waals surface area contributed by atoms with E-state index in [0.717, 1.165) is 17.3 Å². The van der Waals surface area contributed by atoms with Crippen LogP contribution in [-0.2, 0) is 4.74 Å². The number of carbonyl (C=O) groups is 2. The Hall–Kier alpha value is -2.57. The number of ether oxygens (including phenoxy) is 1. The molecule has 26 heavy (non-hydrogen) atoms. The third-order valence-electron chi connectivity index (χ3n) is 3.44. The molecule has 0 aromatic heterocycles. The molecule has 0 radical (unpaired) electrons. The first kappa shape index (κ1) is 18.2. The van der Waals surface area contributed by atoms with Crippen LogP contribution >= 0.6 is 23.4 Å². The molecule has 1 N–H and O–H groups in total. The molecule has 1 fully saturated rings. The summed E-state index contributed by atoms with van der Waals surface area (Å²) < 4.78 is 4.95. The van der Waals surface area contributed by atoms with E-state index in [2.05, 4.69) is 10.3 Å². The van der Waals surface area contributed by atoms with Crippen molar-refractivity contribution < 1.29 is 14.3 Å². The number of nitrogens with zero attached hydrogens (tertiary/aromatic N) is 1. The molecule has 1 amide bonds. The molecule has 0 aliphatic carbocycles. The largest absolute Gasteiger partial charge is 0.462 e. The van der Waals surface area contributed by atoms with Crippen LogP contribution in [0.15, 0.2) is 58.4 Å². The summed E-state index contributed by atoms with van der Waals surface area (Å²) in [5.41, 5.74) is 1.99. The molecular formula is C19H15ClN2O3S. The predicted octanol–water partition coefficient (Wildman–Crippen LogP) is 5.04. The van der Waals surface area contributed by atoms with E-state index in [0.29, 0.717) is 33.6 Å². The van der Waals surface area contributed by atoms with Gasteiger partial charge in [-0.3, -0.25) is 4.79 Å². The molecule has 2 aromatic carbocycles. The molecule has 132 valence electrons. The van der Waals surface area contributed by atoms with Crippen molar-refractivity contribution in [2.75, 3.05) is 6.61 Å². The SMILES string of the molecule is CCOC(=O)c1ccc(N=C2NC(=O)S/C2=C\c2ccc(Cl)cc2)cc1. The number of thioether (sulfide) groups is 1. The number of nitrogens with one attached hydrogen (secondary N) is 1. The van der Waals surface area contributed by atoms with Gasteiger partial charge in [0.05, 0.1) is 22.8 Å². The maximum atomic E-state index is 11.8. The summed E-state index contributed by atoms with van der Waals surface area (Å²) in [5, 5.41) is 3.19. The van der Waals surface area contributed by atoms with Crippen LogP contribution in [0.4, 0.5) is 10.5 Å². The van der Waals surface area contributed by atoms with E-state index in [4.69, 9.17) is 16.3 Å². The Kier molecular flexibility index (Phi) is 5.75. The number of amidine groups is 1. The Morgan fingerprint density at radius 3 is 2.54 bits per heavy atom. The normalized spacial score (nSPS) is 16.8. The minimum absolute atomic E-state index is 0.188. The first-order valence-electron chi connectivity index (χ1n) is 7.87. The summed E-state index contributed by atoms with van der Waals surface area (Å²) in [4.78, 5) is 28.6. The zero-order valence-electron chi connectivity index (χ0n) is 13.9. The van der Waals surface area contributed by atoms with Crippen molar-refractivity contribution in [3.8, 4) is 0 Å². The average Bonchev–Trinajstić information content (AvgIpc) is 2.97. The van der Waals surface area contributed by atoms with E-state index in [-0.39, 0.29) is 11.2 Å². The van der Waals surface area contributed by atoms with Crippen molar-refractivity contribution >= 4 is 52.2 Å². The topological polar surface area (TPSA) is 67.8 Å². The smallest absolute Gasteiger partial charge is 0.338 e. The van der Waals surface area contributed by atoms with Gasteiger partial charge in [-0.15, -0.1) is 0 Å². The highest BCUT2D eigenvalue weighted by Gasteiger charge is 2.23. The third-order valence-corrected chi connectivity index (χ3v) is 4.51. The minimum atomic E-state index is -0.375. The minimum Gasteiger partial charge on any atom is -0.462 e. The maximum absolute atomic E-state index is 11.8. The number of hydrogen-bond acceptors (Lipinski definition) is 5. The second-order valence-electron chi connectivity index (χ2n) is 5.30. The zero-order valence-corrected chi connectivity index (χ0v) is 15.4. The summed E-state index contributed by atoms with van der Waals surface area (Å²) in [6.07, 6.45) is 1.87. The molecule has 2 aromatic rings. The molecular weight excluding hydrogens is 372 g/mol. The number of hydrogen-bond donors (Lipinski definition) is 1. The van der Waals surface area contributed by atoms with Crippen molar-refractivity contribution in [2.45, 2.75) is 6.92 Å². The van der Waals surface area contributed by atoms with Crippen LogP contribution in [0.25, 0.3) is 6.08 Å². The van der Waals surface area contributed by atoms with Gasteiger partial charge in [-0.1, -0.05) is 23.7 Å². The van der Waals surface area contributed by atoms with E-state index in [9.17, 15) is 9.59 Å². The molecule has 0 unspecified atom stereocenters. The number of amides is 1. The number of halogens is 1. The van der Waals surface area contributed by atoms with Gasteiger partial charge in [0, 0.05) is 5.02 Å². The van der Waals surface area contributed by atoms with Crippen molar-refractivity contribution in [3.05, 3.63) is 69.6 Å². The van der Waals surface area contributed by atoms with Gasteiger partial charge in [0.2, 0.25) is 0 Å². The van der Waals surface area contributed by atoms with Gasteiger partial charge >= 0.3 is 5.97 Å². The summed E-state index contributed by atoms with van der Waals surface area (Å²) in [6.45, 7) is 2.08. The van der Waals surface area contributed by atoms with Gasteiger partial charge < -0.3 is 10.1 Å². The maximum Gasteiger partial charge on any atom is 0.338 e. The lowest BCUT2D eigenvalue weighted by molar-refractivity contribution is 0.0526. The zero-order chi connectivity index (χ0) is 18.5. The first-order chi connectivity index (χ1) is 12.5. The fourth-order valence-corrected chi connectivity index (χ4v) is 3.10. The van der Waals surface area contributed by atoms with Gasteiger partial charge in [0.25, 0.3) is 5.24 Å². The van der Waals surface area contributed by atoms with Gasteiger partial charge in [0.15, 0.2) is 0 Å². The van der Waals surface area contributed by atoms with E-state index >= 15 is 0 Å². The molecule has 0 saturated carbocycles. The molecule has 5 nitrogen and oxygen atoms in total. The standard InChI is InChI=1S/C19H15ClN2O3S/c1-2-25-18(23)13-5-9-15(10-6-13)21-17-16(26-19(24)22-17)11-12-3-7-14(20)8-4-12/h3-11H,2H2,1H3,(H,21,22,24)/b16-11-. The summed E-state index contributed by atoms with van der Waals surface area (Å²) in [7, 11) is 0. The molecule has 0 spiro atoms. The molecule has 3 rings (SSSR count). The van der Waals surface area contributed by atoms with Crippen molar-refractivity contribution in [3.63, 3.8) is 0 Å². The number of aliphatic imine (C=N–C) groups is 1. The van der Waals surface area contributed by atoms with Crippen LogP contribution in [-0.4, -0.2) is 23.7 Å². The summed E-state index contributed by atoms with van der Waals surface area (Å²) in [6, 6.07) is 14.0. The Balaban J connectivity index is 1.84. The Labute approximate surface area is 160 Å². The highest BCUT2D eigenvalue weighted by atomic mass is 35.5. The van der Waals surface area contributed by atoms with E-state index in [1.54, 1.807) is 43.3 Å². The molecule has 1 heterocycles. The number of rotatable bonds is 4. The van der Waals surface area contributed by atoms with E-state index in [1.165, 1.54) is 0 Å². The lowest BCUT2D eigenvalue weighted by Crippen LogP contribution is -2.18. The average molecular weight is 387 g/mol. The Bertz CT molecular complexity index is 890. The van der Waals surface area contributed by atoms with Crippen molar-refractivity contribution in [1.82, 2.24) is 5.32 Å². The third kappa shape index (κ3) is 4.53.